The summed E-state index contributed by atoms with van der Waals surface area (Å²) >= 11 is 0. The van der Waals surface area contributed by atoms with Crippen LogP contribution >= 0.6 is 0 Å². The van der Waals surface area contributed by atoms with Crippen LogP contribution in [0.4, 0.5) is 8.78 Å². The van der Waals surface area contributed by atoms with E-state index in [1.807, 2.05) is 0 Å². The highest BCUT2D eigenvalue weighted by molar-refractivity contribution is 5.80. The summed E-state index contributed by atoms with van der Waals surface area (Å²) in [6.45, 7) is 2.58. The van der Waals surface area contributed by atoms with E-state index in [2.05, 4.69) is 9.80 Å². The van der Waals surface area contributed by atoms with Gasteiger partial charge in [0.05, 0.1) is 6.04 Å². The van der Waals surface area contributed by atoms with Gasteiger partial charge in [0.15, 0.2) is 11.6 Å². The average molecular weight is 346 g/mol. The molecule has 0 radical (unpaired) electrons. The number of halogens is 2. The van der Waals surface area contributed by atoms with Crippen LogP contribution < -0.4 is 0 Å². The zero-order valence-electron chi connectivity index (χ0n) is 14.3. The van der Waals surface area contributed by atoms with Crippen LogP contribution in [0.15, 0.2) is 18.2 Å². The molecule has 0 aromatic heterocycles. The zero-order chi connectivity index (χ0) is 17.1. The van der Waals surface area contributed by atoms with Crippen molar-refractivity contribution in [2.24, 2.45) is 11.8 Å². The van der Waals surface area contributed by atoms with Crippen LogP contribution in [-0.4, -0.2) is 47.4 Å². The van der Waals surface area contributed by atoms with Crippen molar-refractivity contribution in [3.05, 3.63) is 35.4 Å². The van der Waals surface area contributed by atoms with Crippen molar-refractivity contribution in [1.82, 2.24) is 9.80 Å². The van der Waals surface area contributed by atoms with Gasteiger partial charge in [-0.05, 0) is 56.3 Å². The minimum absolute atomic E-state index is 0.118. The van der Waals surface area contributed by atoms with Crippen molar-refractivity contribution >= 4 is 5.91 Å². The summed E-state index contributed by atoms with van der Waals surface area (Å²) in [5.41, 5.74) is 0.450. The van der Waals surface area contributed by atoms with Gasteiger partial charge in [0.2, 0.25) is 5.91 Å². The number of amides is 1. The maximum atomic E-state index is 14.5. The lowest BCUT2D eigenvalue weighted by Gasteiger charge is -2.51. The van der Waals surface area contributed by atoms with Crippen LogP contribution in [0, 0.1) is 23.5 Å². The smallest absolute Gasteiger partial charge is 0.226 e. The van der Waals surface area contributed by atoms with Crippen LogP contribution in [0.2, 0.25) is 0 Å². The maximum Gasteiger partial charge on any atom is 0.226 e. The molecule has 5 heteroatoms. The molecule has 4 saturated heterocycles. The van der Waals surface area contributed by atoms with Crippen LogP contribution in [0.25, 0.3) is 0 Å². The van der Waals surface area contributed by atoms with Gasteiger partial charge < -0.3 is 4.90 Å². The van der Waals surface area contributed by atoms with Crippen molar-refractivity contribution < 1.29 is 13.6 Å². The first kappa shape index (κ1) is 15.7. The number of benzene rings is 1. The third kappa shape index (κ3) is 2.28. The molecule has 4 heterocycles. The molecule has 2 bridgehead atoms. The van der Waals surface area contributed by atoms with Gasteiger partial charge in [-0.15, -0.1) is 0 Å². The molecule has 1 amide bonds. The fraction of sp³-hybridized carbons (Fsp3) is 0.650. The fourth-order valence-corrected chi connectivity index (χ4v) is 5.64. The Labute approximate surface area is 147 Å². The zero-order valence-corrected chi connectivity index (χ0v) is 14.3. The van der Waals surface area contributed by atoms with Gasteiger partial charge in [-0.25, -0.2) is 8.78 Å². The van der Waals surface area contributed by atoms with Crippen LogP contribution in [0.3, 0.4) is 0 Å². The molecule has 1 aromatic rings. The minimum Gasteiger partial charge on any atom is -0.337 e. The molecule has 0 spiro atoms. The molecular weight excluding hydrogens is 322 g/mol. The van der Waals surface area contributed by atoms with Gasteiger partial charge in [-0.3, -0.25) is 9.69 Å². The summed E-state index contributed by atoms with van der Waals surface area (Å²) in [6, 6.07) is 4.81. The van der Waals surface area contributed by atoms with E-state index < -0.39 is 11.6 Å². The van der Waals surface area contributed by atoms with Gasteiger partial charge in [0.25, 0.3) is 0 Å². The standard InChI is InChI=1S/C20H24F2N2O/c21-16-6-2-5-14(17(16)22)15-11-24(20(25)13-3-1-4-13)18-12-7-9-23(10-8-12)19(15)18/h2,5-6,12-13,15,18-19H,1,3-4,7-11H2/t15-,18+,19+/m1/s1. The molecule has 3 nitrogen and oxygen atoms in total. The van der Waals surface area contributed by atoms with E-state index in [0.717, 1.165) is 45.2 Å². The van der Waals surface area contributed by atoms with Crippen LogP contribution in [-0.2, 0) is 4.79 Å². The Balaban J connectivity index is 1.53. The first-order valence-electron chi connectivity index (χ1n) is 9.63. The first-order chi connectivity index (χ1) is 12.1. The van der Waals surface area contributed by atoms with E-state index in [9.17, 15) is 13.6 Å². The van der Waals surface area contributed by atoms with Crippen molar-refractivity contribution in [3.63, 3.8) is 0 Å². The van der Waals surface area contributed by atoms with Crippen molar-refractivity contribution in [3.8, 4) is 0 Å². The van der Waals surface area contributed by atoms with E-state index >= 15 is 0 Å². The van der Waals surface area contributed by atoms with Gasteiger partial charge >= 0.3 is 0 Å². The number of hydrogen-bond donors (Lipinski definition) is 0. The van der Waals surface area contributed by atoms with Crippen molar-refractivity contribution in [1.29, 1.82) is 0 Å². The van der Waals surface area contributed by atoms with E-state index in [0.29, 0.717) is 18.0 Å². The summed E-state index contributed by atoms with van der Waals surface area (Å²) in [5.74, 6) is -0.698. The second-order valence-electron chi connectivity index (χ2n) is 8.22. The Kier molecular flexibility index (Phi) is 3.63. The Morgan fingerprint density at radius 2 is 1.80 bits per heavy atom. The van der Waals surface area contributed by atoms with Crippen molar-refractivity contribution in [2.45, 2.75) is 50.1 Å². The van der Waals surface area contributed by atoms with E-state index in [1.165, 1.54) is 6.07 Å². The number of nitrogens with zero attached hydrogens (tertiary/aromatic N) is 2. The predicted octanol–water partition coefficient (Wildman–Crippen LogP) is 3.15. The molecule has 134 valence electrons. The molecule has 4 aliphatic heterocycles. The summed E-state index contributed by atoms with van der Waals surface area (Å²) < 4.78 is 28.3. The fourth-order valence-electron chi connectivity index (χ4n) is 5.64. The number of likely N-dealkylation sites (tertiary alicyclic amines) is 1. The topological polar surface area (TPSA) is 23.6 Å². The van der Waals surface area contributed by atoms with Crippen LogP contribution in [0.5, 0.6) is 0 Å². The molecule has 25 heavy (non-hydrogen) atoms. The molecule has 0 N–H and O–H groups in total. The minimum atomic E-state index is -0.784. The third-order valence-electron chi connectivity index (χ3n) is 7.11. The van der Waals surface area contributed by atoms with Crippen molar-refractivity contribution in [2.75, 3.05) is 19.6 Å². The van der Waals surface area contributed by atoms with Gasteiger partial charge in [-0.1, -0.05) is 18.6 Å². The number of carbonyl (C=O) groups is 1. The molecule has 1 saturated carbocycles. The van der Waals surface area contributed by atoms with Gasteiger partial charge in [0, 0.05) is 24.4 Å². The lowest BCUT2D eigenvalue weighted by molar-refractivity contribution is -0.143. The van der Waals surface area contributed by atoms with E-state index in [4.69, 9.17) is 0 Å². The van der Waals surface area contributed by atoms with Gasteiger partial charge in [0.1, 0.15) is 0 Å². The second-order valence-corrected chi connectivity index (χ2v) is 8.22. The first-order valence-corrected chi connectivity index (χ1v) is 9.63. The largest absolute Gasteiger partial charge is 0.337 e. The van der Waals surface area contributed by atoms with Gasteiger partial charge in [-0.2, -0.15) is 0 Å². The molecule has 1 aliphatic carbocycles. The highest BCUT2D eigenvalue weighted by atomic mass is 19.2. The Hall–Kier alpha value is -1.49. The monoisotopic (exact) mass is 346 g/mol. The SMILES string of the molecule is O=C(C1CCC1)N1C[C@H](c2cccc(F)c2F)[C@H]2[C@@H]1C1CCN2CC1. The average Bonchev–Trinajstić information content (AvgIpc) is 2.99. The quantitative estimate of drug-likeness (QED) is 0.821. The van der Waals surface area contributed by atoms with Crippen LogP contribution in [0.1, 0.15) is 43.6 Å². The molecule has 0 unspecified atom stereocenters. The number of hydrogen-bond acceptors (Lipinski definition) is 2. The third-order valence-corrected chi connectivity index (χ3v) is 7.11. The number of piperidine rings is 3. The number of fused-ring (bicyclic) bond motifs is 2. The maximum absolute atomic E-state index is 14.5. The lowest BCUT2D eigenvalue weighted by atomic mass is 9.75. The summed E-state index contributed by atoms with van der Waals surface area (Å²) in [5, 5.41) is 0. The normalized spacial score (nSPS) is 37.0. The highest BCUT2D eigenvalue weighted by Crippen LogP contribution is 2.48. The molecular formula is C20H24F2N2O. The number of carbonyl (C=O) groups excluding carboxylic acids is 1. The molecule has 6 rings (SSSR count). The lowest BCUT2D eigenvalue weighted by Crippen LogP contribution is -2.61. The molecule has 5 fully saturated rings. The molecule has 3 atom stereocenters. The number of rotatable bonds is 2. The molecule has 1 aromatic carbocycles. The summed E-state index contributed by atoms with van der Waals surface area (Å²) in [7, 11) is 0. The Morgan fingerprint density at radius 3 is 2.48 bits per heavy atom. The summed E-state index contributed by atoms with van der Waals surface area (Å²) in [6.07, 6.45) is 5.35. The van der Waals surface area contributed by atoms with E-state index in [-0.39, 0.29) is 29.8 Å². The Morgan fingerprint density at radius 1 is 1.04 bits per heavy atom. The van der Waals surface area contributed by atoms with E-state index in [1.54, 1.807) is 12.1 Å². The molecule has 5 aliphatic rings. The highest BCUT2D eigenvalue weighted by Gasteiger charge is 2.55. The summed E-state index contributed by atoms with van der Waals surface area (Å²) in [4.78, 5) is 17.5. The predicted molar refractivity (Wildman–Crippen MR) is 90.0 cm³/mol. The second kappa shape index (κ2) is 5.76. The Bertz CT molecular complexity index is 697.